The Morgan fingerprint density at radius 3 is 2.64 bits per heavy atom. The molecule has 1 fully saturated rings. The quantitative estimate of drug-likeness (QED) is 0.515. The first-order chi connectivity index (χ1) is 6.74. The molecule has 0 aliphatic heterocycles. The molecule has 0 spiro atoms. The number of alkyl halides is 1. The number of hydrogen-bond acceptors (Lipinski definition) is 1. The fourth-order valence-electron chi connectivity index (χ4n) is 1.97. The predicted molar refractivity (Wildman–Crippen MR) is 61.8 cm³/mol. The van der Waals surface area contributed by atoms with Crippen LogP contribution in [0.4, 0.5) is 0 Å². The lowest BCUT2D eigenvalue weighted by molar-refractivity contribution is 0.0173. The van der Waals surface area contributed by atoms with Gasteiger partial charge in [0.05, 0.1) is 12.7 Å². The molecule has 0 aromatic carbocycles. The summed E-state index contributed by atoms with van der Waals surface area (Å²) in [5.74, 6) is 2.26. The van der Waals surface area contributed by atoms with Crippen molar-refractivity contribution in [3.8, 4) is 0 Å². The summed E-state index contributed by atoms with van der Waals surface area (Å²) in [5.41, 5.74) is 0. The minimum absolute atomic E-state index is 0.473. The molecule has 1 aliphatic rings. The van der Waals surface area contributed by atoms with Crippen LogP contribution in [0.3, 0.4) is 0 Å². The molecule has 0 bridgehead atoms. The van der Waals surface area contributed by atoms with E-state index in [0.29, 0.717) is 12.0 Å². The van der Waals surface area contributed by atoms with Crippen LogP contribution in [0.1, 0.15) is 33.1 Å². The standard InChI is InChI=1S/C12H21ClO/c1-10-5-6-12(9-11(10)2)14-8-4-3-7-13/h3-4,10-12H,5-9H2,1-2H3. The average Bonchev–Trinajstić information content (AvgIpc) is 2.18. The Balaban J connectivity index is 2.16. The van der Waals surface area contributed by atoms with Gasteiger partial charge in [-0.3, -0.25) is 0 Å². The molecule has 0 saturated heterocycles. The van der Waals surface area contributed by atoms with Crippen LogP contribution in [-0.4, -0.2) is 18.6 Å². The van der Waals surface area contributed by atoms with Gasteiger partial charge in [-0.1, -0.05) is 26.0 Å². The monoisotopic (exact) mass is 216 g/mol. The van der Waals surface area contributed by atoms with Crippen molar-refractivity contribution in [3.05, 3.63) is 12.2 Å². The number of allylic oxidation sites excluding steroid dienone is 1. The fraction of sp³-hybridized carbons (Fsp3) is 0.833. The van der Waals surface area contributed by atoms with Gasteiger partial charge in [0.2, 0.25) is 0 Å². The molecule has 1 nitrogen and oxygen atoms in total. The molecular weight excluding hydrogens is 196 g/mol. The molecule has 82 valence electrons. The van der Waals surface area contributed by atoms with Crippen molar-refractivity contribution in [2.24, 2.45) is 11.8 Å². The van der Waals surface area contributed by atoms with Gasteiger partial charge in [0.25, 0.3) is 0 Å². The van der Waals surface area contributed by atoms with Crippen molar-refractivity contribution in [2.45, 2.75) is 39.2 Å². The van der Waals surface area contributed by atoms with E-state index in [1.165, 1.54) is 19.3 Å². The Morgan fingerprint density at radius 1 is 1.21 bits per heavy atom. The largest absolute Gasteiger partial charge is 0.374 e. The summed E-state index contributed by atoms with van der Waals surface area (Å²) >= 11 is 5.52. The first kappa shape index (κ1) is 12.1. The Labute approximate surface area is 92.5 Å². The van der Waals surface area contributed by atoms with E-state index in [-0.39, 0.29) is 0 Å². The average molecular weight is 217 g/mol. The summed E-state index contributed by atoms with van der Waals surface area (Å²) in [6, 6.07) is 0. The molecule has 0 aromatic heterocycles. The van der Waals surface area contributed by atoms with Gasteiger partial charge in [0.1, 0.15) is 0 Å². The number of halogens is 1. The van der Waals surface area contributed by atoms with Gasteiger partial charge in [0.15, 0.2) is 0 Å². The first-order valence-electron chi connectivity index (χ1n) is 5.56. The molecular formula is C12H21ClO. The van der Waals surface area contributed by atoms with Gasteiger partial charge in [-0.25, -0.2) is 0 Å². The van der Waals surface area contributed by atoms with E-state index >= 15 is 0 Å². The van der Waals surface area contributed by atoms with Gasteiger partial charge >= 0.3 is 0 Å². The molecule has 1 saturated carbocycles. The third-order valence-corrected chi connectivity index (χ3v) is 3.41. The molecule has 3 unspecified atom stereocenters. The highest BCUT2D eigenvalue weighted by Gasteiger charge is 2.24. The van der Waals surface area contributed by atoms with E-state index in [2.05, 4.69) is 13.8 Å². The second kappa shape index (κ2) is 6.47. The summed E-state index contributed by atoms with van der Waals surface area (Å²) in [7, 11) is 0. The maximum atomic E-state index is 5.76. The molecule has 14 heavy (non-hydrogen) atoms. The molecule has 0 amide bonds. The molecule has 0 aromatic rings. The SMILES string of the molecule is CC1CCC(OCC=CCCl)CC1C. The molecule has 3 atom stereocenters. The summed E-state index contributed by atoms with van der Waals surface area (Å²) < 4.78 is 5.76. The summed E-state index contributed by atoms with van der Waals surface area (Å²) in [4.78, 5) is 0. The summed E-state index contributed by atoms with van der Waals surface area (Å²) in [5, 5.41) is 0. The lowest BCUT2D eigenvalue weighted by Crippen LogP contribution is -2.26. The number of rotatable bonds is 4. The third-order valence-electron chi connectivity index (χ3n) is 3.23. The maximum Gasteiger partial charge on any atom is 0.0651 e. The summed E-state index contributed by atoms with van der Waals surface area (Å²) in [6.45, 7) is 5.39. The zero-order valence-corrected chi connectivity index (χ0v) is 9.96. The van der Waals surface area contributed by atoms with Gasteiger partial charge in [0, 0.05) is 5.88 Å². The van der Waals surface area contributed by atoms with E-state index in [1.807, 2.05) is 12.2 Å². The highest BCUT2D eigenvalue weighted by Crippen LogP contribution is 2.30. The highest BCUT2D eigenvalue weighted by molar-refractivity contribution is 6.18. The number of hydrogen-bond donors (Lipinski definition) is 0. The lowest BCUT2D eigenvalue weighted by atomic mass is 9.80. The van der Waals surface area contributed by atoms with E-state index < -0.39 is 0 Å². The smallest absolute Gasteiger partial charge is 0.0651 e. The lowest BCUT2D eigenvalue weighted by Gasteiger charge is -2.31. The highest BCUT2D eigenvalue weighted by atomic mass is 35.5. The molecule has 2 heteroatoms. The Kier molecular flexibility index (Phi) is 5.57. The maximum absolute atomic E-state index is 5.76. The predicted octanol–water partition coefficient (Wildman–Crippen LogP) is 3.62. The molecule has 1 aliphatic carbocycles. The van der Waals surface area contributed by atoms with Crippen LogP contribution in [-0.2, 0) is 4.74 Å². The second-order valence-electron chi connectivity index (χ2n) is 4.35. The van der Waals surface area contributed by atoms with E-state index in [9.17, 15) is 0 Å². The minimum atomic E-state index is 0.473. The van der Waals surface area contributed by atoms with Gasteiger partial charge < -0.3 is 4.74 Å². The molecule has 0 N–H and O–H groups in total. The van der Waals surface area contributed by atoms with Crippen LogP contribution in [0.5, 0.6) is 0 Å². The second-order valence-corrected chi connectivity index (χ2v) is 4.66. The van der Waals surface area contributed by atoms with Crippen molar-refractivity contribution in [2.75, 3.05) is 12.5 Å². The van der Waals surface area contributed by atoms with Crippen molar-refractivity contribution in [3.63, 3.8) is 0 Å². The first-order valence-corrected chi connectivity index (χ1v) is 6.10. The zero-order valence-electron chi connectivity index (χ0n) is 9.21. The van der Waals surface area contributed by atoms with Crippen LogP contribution < -0.4 is 0 Å². The van der Waals surface area contributed by atoms with Crippen LogP contribution in [0.25, 0.3) is 0 Å². The van der Waals surface area contributed by atoms with E-state index in [4.69, 9.17) is 16.3 Å². The zero-order chi connectivity index (χ0) is 10.4. The van der Waals surface area contributed by atoms with Crippen molar-refractivity contribution in [1.82, 2.24) is 0 Å². The Morgan fingerprint density at radius 2 is 2.00 bits per heavy atom. The topological polar surface area (TPSA) is 9.23 Å². The van der Waals surface area contributed by atoms with Crippen LogP contribution in [0.2, 0.25) is 0 Å². The van der Waals surface area contributed by atoms with E-state index in [0.717, 1.165) is 18.4 Å². The van der Waals surface area contributed by atoms with E-state index in [1.54, 1.807) is 0 Å². The van der Waals surface area contributed by atoms with Gasteiger partial charge in [-0.05, 0) is 31.1 Å². The van der Waals surface area contributed by atoms with Crippen LogP contribution in [0, 0.1) is 11.8 Å². The molecule has 0 heterocycles. The van der Waals surface area contributed by atoms with Crippen molar-refractivity contribution in [1.29, 1.82) is 0 Å². The van der Waals surface area contributed by atoms with Gasteiger partial charge in [-0.2, -0.15) is 0 Å². The van der Waals surface area contributed by atoms with Gasteiger partial charge in [-0.15, -0.1) is 11.6 Å². The normalized spacial score (nSPS) is 33.8. The fourth-order valence-corrected chi connectivity index (χ4v) is 2.10. The van der Waals surface area contributed by atoms with Crippen molar-refractivity contribution >= 4 is 11.6 Å². The van der Waals surface area contributed by atoms with Crippen LogP contribution in [0.15, 0.2) is 12.2 Å². The van der Waals surface area contributed by atoms with Crippen molar-refractivity contribution < 1.29 is 4.74 Å². The molecule has 0 radical (unpaired) electrons. The van der Waals surface area contributed by atoms with Crippen LogP contribution >= 0.6 is 11.6 Å². The third kappa shape index (κ3) is 4.02. The minimum Gasteiger partial charge on any atom is -0.374 e. The Hall–Kier alpha value is -0.0100. The molecule has 1 rings (SSSR count). The summed E-state index contributed by atoms with van der Waals surface area (Å²) in [6.07, 6.45) is 8.17. The number of ether oxygens (including phenoxy) is 1. The Bertz CT molecular complexity index is 179.